The number of hydrogen-bond acceptors (Lipinski definition) is 18. The molecule has 2 heterocycles. The maximum atomic E-state index is 13.2. The smallest absolute Gasteiger partial charge is 0.264 e. The van der Waals surface area contributed by atoms with Crippen LogP contribution in [0, 0.1) is 0 Å². The second kappa shape index (κ2) is 49.8. The average molecular weight is 1100 g/mol. The van der Waals surface area contributed by atoms with Crippen molar-refractivity contribution in [3.8, 4) is 0 Å². The predicted octanol–water partition coefficient (Wildman–Crippen LogP) is 6.98. The van der Waals surface area contributed by atoms with Crippen LogP contribution in [0.5, 0.6) is 0 Å². The summed E-state index contributed by atoms with van der Waals surface area (Å²) >= 11 is 0. The molecule has 20 nitrogen and oxygen atoms in total. The first-order valence-corrected chi connectivity index (χ1v) is 29.1. The van der Waals surface area contributed by atoms with Gasteiger partial charge in [-0.05, 0) is 25.0 Å². The molecule has 1 saturated heterocycles. The van der Waals surface area contributed by atoms with E-state index in [4.69, 9.17) is 61.6 Å². The van der Waals surface area contributed by atoms with Crippen molar-refractivity contribution in [2.24, 2.45) is 0 Å². The monoisotopic (exact) mass is 1100 g/mol. The van der Waals surface area contributed by atoms with E-state index in [9.17, 15) is 19.2 Å². The Morgan fingerprint density at radius 3 is 1.09 bits per heavy atom. The van der Waals surface area contributed by atoms with Gasteiger partial charge in [-0.1, -0.05) is 109 Å². The second-order valence-corrected chi connectivity index (χ2v) is 18.9. The molecule has 0 spiro atoms. The van der Waals surface area contributed by atoms with Crippen molar-refractivity contribution in [2.45, 2.75) is 129 Å². The summed E-state index contributed by atoms with van der Waals surface area (Å²) in [5.41, 5.74) is 0.906. The van der Waals surface area contributed by atoms with Gasteiger partial charge in [0.1, 0.15) is 6.04 Å². The lowest BCUT2D eigenvalue weighted by Gasteiger charge is -2.27. The van der Waals surface area contributed by atoms with Crippen LogP contribution in [0.3, 0.4) is 0 Å². The maximum absolute atomic E-state index is 13.2. The van der Waals surface area contributed by atoms with Crippen molar-refractivity contribution >= 4 is 29.3 Å². The topological polar surface area (TPSA) is 216 Å². The zero-order valence-corrected chi connectivity index (χ0v) is 47.0. The van der Waals surface area contributed by atoms with E-state index >= 15 is 0 Å². The lowest BCUT2D eigenvalue weighted by molar-refractivity contribution is -0.136. The molecule has 4 amide bonds. The summed E-state index contributed by atoms with van der Waals surface area (Å²) in [5, 5.41) is 5.34. The van der Waals surface area contributed by atoms with E-state index in [1.165, 1.54) is 96.3 Å². The first-order chi connectivity index (χ1) is 38.0. The lowest BCUT2D eigenvalue weighted by atomic mass is 10.0. The minimum absolute atomic E-state index is 0.0640. The van der Waals surface area contributed by atoms with Crippen LogP contribution in [0.15, 0.2) is 18.2 Å². The molecular weight excluding hydrogens is 999 g/mol. The Bertz CT molecular complexity index is 1610. The summed E-state index contributed by atoms with van der Waals surface area (Å²) in [4.78, 5) is 51.0. The van der Waals surface area contributed by atoms with E-state index in [0.717, 1.165) is 17.9 Å². The summed E-state index contributed by atoms with van der Waals surface area (Å²) < 4.78 is 72.3. The Kier molecular flexibility index (Phi) is 44.0. The molecule has 1 aromatic rings. The molecule has 1 aromatic carbocycles. The summed E-state index contributed by atoms with van der Waals surface area (Å²) in [7, 11) is 0. The third kappa shape index (κ3) is 35.2. The van der Waals surface area contributed by atoms with Crippen LogP contribution in [0.25, 0.3) is 0 Å². The number of unbranched alkanes of at least 4 members (excludes halogenated alkanes) is 15. The van der Waals surface area contributed by atoms with Crippen molar-refractivity contribution in [1.82, 2.24) is 10.2 Å². The molecule has 444 valence electrons. The number of amides is 4. The van der Waals surface area contributed by atoms with Crippen LogP contribution in [0.4, 0.5) is 5.69 Å². The van der Waals surface area contributed by atoms with Crippen molar-refractivity contribution < 1.29 is 80.8 Å². The minimum Gasteiger partial charge on any atom is -0.382 e. The molecule has 0 aliphatic carbocycles. The zero-order valence-electron chi connectivity index (χ0n) is 47.0. The quantitative estimate of drug-likeness (QED) is 0.0497. The van der Waals surface area contributed by atoms with E-state index in [1.54, 1.807) is 18.2 Å². The minimum atomic E-state index is -1.01. The number of ether oxygens (including phenoxy) is 13. The molecule has 0 saturated carbocycles. The van der Waals surface area contributed by atoms with E-state index in [1.807, 2.05) is 0 Å². The fraction of sp³-hybridized carbons (Fsp3) is 0.825. The van der Waals surface area contributed by atoms with E-state index in [2.05, 4.69) is 17.6 Å². The molecule has 20 heteroatoms. The highest BCUT2D eigenvalue weighted by Gasteiger charge is 2.45. The number of carbonyl (C=O) groups excluding carboxylic acids is 4. The standard InChI is InChI=1S/C57H99N3O17/c1-2-3-4-5-6-7-8-9-10-11-12-13-14-15-16-17-24-65-26-28-67-30-32-69-34-36-71-38-40-73-42-44-75-46-48-77-49-47-76-45-43-74-41-39-72-37-35-70-33-31-68-29-27-66-25-23-58-51-20-18-19-50-54(51)57(64)60(56(50)63)52-21-22-53(61)59-55(52)62/h18-20,52,58H,2-17,21-49H2,1H3,(H,59,61,62). The van der Waals surface area contributed by atoms with Crippen LogP contribution < -0.4 is 10.6 Å². The molecule has 0 bridgehead atoms. The summed E-state index contributed by atoms with van der Waals surface area (Å²) in [6.45, 7) is 15.5. The molecule has 1 unspecified atom stereocenters. The van der Waals surface area contributed by atoms with Gasteiger partial charge in [0.2, 0.25) is 11.8 Å². The number of rotatable bonds is 58. The Morgan fingerprint density at radius 2 is 0.740 bits per heavy atom. The van der Waals surface area contributed by atoms with Gasteiger partial charge in [0.15, 0.2) is 0 Å². The highest BCUT2D eigenvalue weighted by atomic mass is 16.6. The van der Waals surface area contributed by atoms with Gasteiger partial charge in [-0.3, -0.25) is 29.4 Å². The number of hydrogen-bond donors (Lipinski definition) is 2. The van der Waals surface area contributed by atoms with Gasteiger partial charge in [0.05, 0.1) is 176 Å². The number of nitrogens with zero attached hydrogens (tertiary/aromatic N) is 1. The molecule has 2 aliphatic heterocycles. The van der Waals surface area contributed by atoms with E-state index < -0.39 is 29.7 Å². The van der Waals surface area contributed by atoms with Crippen molar-refractivity contribution in [1.29, 1.82) is 0 Å². The number of fused-ring (bicyclic) bond motifs is 1. The Balaban J connectivity index is 0.903. The van der Waals surface area contributed by atoms with Crippen LogP contribution >= 0.6 is 0 Å². The van der Waals surface area contributed by atoms with E-state index in [0.29, 0.717) is 177 Å². The molecule has 2 N–H and O–H groups in total. The van der Waals surface area contributed by atoms with Crippen LogP contribution in [-0.4, -0.2) is 213 Å². The van der Waals surface area contributed by atoms with Gasteiger partial charge in [0, 0.05) is 25.3 Å². The largest absolute Gasteiger partial charge is 0.382 e. The molecular formula is C57H99N3O17. The van der Waals surface area contributed by atoms with Gasteiger partial charge in [-0.2, -0.15) is 0 Å². The van der Waals surface area contributed by atoms with Crippen LogP contribution in [0.2, 0.25) is 0 Å². The number of imide groups is 2. The number of piperidine rings is 1. The molecule has 2 aliphatic rings. The number of benzene rings is 1. The van der Waals surface area contributed by atoms with Crippen molar-refractivity contribution in [3.63, 3.8) is 0 Å². The number of anilines is 1. The fourth-order valence-corrected chi connectivity index (χ4v) is 8.41. The van der Waals surface area contributed by atoms with Crippen LogP contribution in [0.1, 0.15) is 143 Å². The third-order valence-electron chi connectivity index (χ3n) is 12.6. The molecule has 1 fully saturated rings. The highest BCUT2D eigenvalue weighted by molar-refractivity contribution is 6.25. The molecule has 3 rings (SSSR count). The Morgan fingerprint density at radius 1 is 0.416 bits per heavy atom. The zero-order chi connectivity index (χ0) is 54.7. The van der Waals surface area contributed by atoms with Crippen molar-refractivity contribution in [2.75, 3.05) is 184 Å². The second-order valence-electron chi connectivity index (χ2n) is 18.9. The van der Waals surface area contributed by atoms with Gasteiger partial charge >= 0.3 is 0 Å². The first-order valence-electron chi connectivity index (χ1n) is 29.1. The lowest BCUT2D eigenvalue weighted by Crippen LogP contribution is -2.54. The van der Waals surface area contributed by atoms with Crippen molar-refractivity contribution in [3.05, 3.63) is 29.3 Å². The van der Waals surface area contributed by atoms with Gasteiger partial charge in [0.25, 0.3) is 11.8 Å². The SMILES string of the molecule is CCCCCCCCCCCCCCCCCCOCCOCCOCCOCCOCCOCCOCCOCCOCCOCCOCCOCCOCCNc1cccc2c1C(=O)N(C1CCC(=O)NC1=O)C2=O. The number of nitrogens with one attached hydrogen (secondary N) is 2. The third-order valence-corrected chi connectivity index (χ3v) is 12.6. The van der Waals surface area contributed by atoms with E-state index in [-0.39, 0.29) is 24.0 Å². The molecule has 0 aromatic heterocycles. The highest BCUT2D eigenvalue weighted by Crippen LogP contribution is 2.32. The normalized spacial score (nSPS) is 14.6. The van der Waals surface area contributed by atoms with Crippen LogP contribution in [-0.2, 0) is 71.2 Å². The molecule has 0 radical (unpaired) electrons. The Labute approximate surface area is 460 Å². The number of carbonyl (C=O) groups is 4. The first kappa shape index (κ1) is 68.1. The summed E-state index contributed by atoms with van der Waals surface area (Å²) in [5.74, 6) is -2.17. The van der Waals surface area contributed by atoms with Gasteiger partial charge in [-0.15, -0.1) is 0 Å². The van der Waals surface area contributed by atoms with Gasteiger partial charge in [-0.25, -0.2) is 0 Å². The fourth-order valence-electron chi connectivity index (χ4n) is 8.41. The maximum Gasteiger partial charge on any atom is 0.264 e. The summed E-state index contributed by atoms with van der Waals surface area (Å²) in [6, 6.07) is 3.91. The Hall–Kier alpha value is -3.22. The summed E-state index contributed by atoms with van der Waals surface area (Å²) in [6.07, 6.45) is 22.2. The molecule has 77 heavy (non-hydrogen) atoms. The predicted molar refractivity (Wildman–Crippen MR) is 292 cm³/mol. The van der Waals surface area contributed by atoms with Gasteiger partial charge < -0.3 is 66.9 Å². The molecule has 1 atom stereocenters. The average Bonchev–Trinajstić information content (AvgIpc) is 3.82.